The van der Waals surface area contributed by atoms with Gasteiger partial charge in [0.05, 0.1) is 10.5 Å². The first-order chi connectivity index (χ1) is 10.2. The van der Waals surface area contributed by atoms with Crippen LogP contribution >= 0.6 is 11.3 Å². The first-order valence-corrected chi connectivity index (χ1v) is 7.74. The van der Waals surface area contributed by atoms with Gasteiger partial charge >= 0.3 is 0 Å². The van der Waals surface area contributed by atoms with Crippen molar-refractivity contribution < 1.29 is 4.79 Å². The van der Waals surface area contributed by atoms with E-state index in [1.54, 1.807) is 11.3 Å². The number of carbonyl (C=O) groups is 1. The summed E-state index contributed by atoms with van der Waals surface area (Å²) in [6, 6.07) is 7.62. The molecule has 108 valence electrons. The van der Waals surface area contributed by atoms with Crippen LogP contribution in [0.25, 0.3) is 10.9 Å². The van der Waals surface area contributed by atoms with E-state index in [2.05, 4.69) is 20.5 Å². The minimum atomic E-state index is -0.136. The predicted octanol–water partition coefficient (Wildman–Crippen LogP) is 2.69. The summed E-state index contributed by atoms with van der Waals surface area (Å²) in [5.41, 5.74) is 2.39. The third-order valence-corrected chi connectivity index (χ3v) is 4.23. The van der Waals surface area contributed by atoms with Crippen molar-refractivity contribution in [2.24, 2.45) is 0 Å². The second-order valence-electron chi connectivity index (χ2n) is 4.86. The van der Waals surface area contributed by atoms with Gasteiger partial charge < -0.3 is 5.32 Å². The van der Waals surface area contributed by atoms with E-state index in [1.165, 1.54) is 0 Å². The van der Waals surface area contributed by atoms with Gasteiger partial charge in [0.25, 0.3) is 5.91 Å². The van der Waals surface area contributed by atoms with Crippen LogP contribution in [0.2, 0.25) is 0 Å². The zero-order valence-corrected chi connectivity index (χ0v) is 12.5. The van der Waals surface area contributed by atoms with Crippen LogP contribution in [-0.2, 0) is 6.42 Å². The molecule has 0 unspecified atom stereocenters. The highest BCUT2D eigenvalue weighted by Crippen LogP contribution is 2.15. The molecule has 0 radical (unpaired) electrons. The molecule has 0 aliphatic rings. The molecule has 3 rings (SSSR count). The number of carbonyl (C=O) groups excluding carboxylic acids is 1. The fourth-order valence-electron chi connectivity index (χ4n) is 2.18. The van der Waals surface area contributed by atoms with Crippen molar-refractivity contribution in [1.82, 2.24) is 20.5 Å². The molecule has 2 heterocycles. The summed E-state index contributed by atoms with van der Waals surface area (Å²) in [6.07, 6.45) is 1.77. The lowest BCUT2D eigenvalue weighted by atomic mass is 10.2. The van der Waals surface area contributed by atoms with Crippen molar-refractivity contribution in [2.45, 2.75) is 19.8 Å². The van der Waals surface area contributed by atoms with E-state index in [-0.39, 0.29) is 5.91 Å². The van der Waals surface area contributed by atoms with Gasteiger partial charge in [0.2, 0.25) is 0 Å². The topological polar surface area (TPSA) is 70.7 Å². The van der Waals surface area contributed by atoms with Crippen molar-refractivity contribution in [3.63, 3.8) is 0 Å². The Morgan fingerprint density at radius 1 is 1.38 bits per heavy atom. The molecule has 0 fully saturated rings. The van der Waals surface area contributed by atoms with Crippen LogP contribution in [0.15, 0.2) is 29.6 Å². The number of hydrogen-bond acceptors (Lipinski definition) is 4. The van der Waals surface area contributed by atoms with E-state index in [4.69, 9.17) is 0 Å². The first-order valence-electron chi connectivity index (χ1n) is 6.86. The predicted molar refractivity (Wildman–Crippen MR) is 83.6 cm³/mol. The number of benzene rings is 1. The number of para-hydroxylation sites is 1. The Kier molecular flexibility index (Phi) is 3.96. The standard InChI is InChI=1S/C15H16N4OS/c1-10-9-21-13(17-10)7-4-8-16-15(20)14-11-5-2-3-6-12(11)18-19-14/h2-3,5-6,9H,4,7-8H2,1H3,(H,16,20)(H,18,19). The minimum Gasteiger partial charge on any atom is -0.351 e. The lowest BCUT2D eigenvalue weighted by Gasteiger charge is -2.02. The zero-order valence-electron chi connectivity index (χ0n) is 11.7. The van der Waals surface area contributed by atoms with E-state index in [9.17, 15) is 4.79 Å². The van der Waals surface area contributed by atoms with Crippen molar-refractivity contribution >= 4 is 28.1 Å². The van der Waals surface area contributed by atoms with Gasteiger partial charge in [-0.3, -0.25) is 9.89 Å². The maximum atomic E-state index is 12.1. The number of nitrogens with zero attached hydrogens (tertiary/aromatic N) is 2. The van der Waals surface area contributed by atoms with E-state index < -0.39 is 0 Å². The summed E-state index contributed by atoms with van der Waals surface area (Å²) in [4.78, 5) is 16.5. The van der Waals surface area contributed by atoms with Crippen molar-refractivity contribution in [1.29, 1.82) is 0 Å². The second-order valence-corrected chi connectivity index (χ2v) is 5.80. The number of hydrogen-bond donors (Lipinski definition) is 2. The summed E-state index contributed by atoms with van der Waals surface area (Å²) in [7, 11) is 0. The largest absolute Gasteiger partial charge is 0.351 e. The van der Waals surface area contributed by atoms with Crippen molar-refractivity contribution in [2.75, 3.05) is 6.54 Å². The number of thiazole rings is 1. The molecule has 0 atom stereocenters. The van der Waals surface area contributed by atoms with Gasteiger partial charge in [-0.05, 0) is 19.4 Å². The van der Waals surface area contributed by atoms with Crippen LogP contribution in [0, 0.1) is 6.92 Å². The summed E-state index contributed by atoms with van der Waals surface area (Å²) in [5, 5.41) is 13.9. The van der Waals surface area contributed by atoms with E-state index >= 15 is 0 Å². The van der Waals surface area contributed by atoms with Gasteiger partial charge in [-0.1, -0.05) is 18.2 Å². The summed E-state index contributed by atoms with van der Waals surface area (Å²) in [5.74, 6) is -0.136. The van der Waals surface area contributed by atoms with Gasteiger partial charge in [-0.15, -0.1) is 11.3 Å². The highest BCUT2D eigenvalue weighted by molar-refractivity contribution is 7.09. The summed E-state index contributed by atoms with van der Waals surface area (Å²) < 4.78 is 0. The van der Waals surface area contributed by atoms with Crippen molar-refractivity contribution in [3.05, 3.63) is 46.0 Å². The van der Waals surface area contributed by atoms with Crippen molar-refractivity contribution in [3.8, 4) is 0 Å². The Labute approximate surface area is 126 Å². The van der Waals surface area contributed by atoms with Crippen LogP contribution in [-0.4, -0.2) is 27.6 Å². The Morgan fingerprint density at radius 3 is 3.05 bits per heavy atom. The Balaban J connectivity index is 1.54. The number of H-pyrrole nitrogens is 1. The molecule has 6 heteroatoms. The van der Waals surface area contributed by atoms with Gasteiger partial charge in [0.1, 0.15) is 0 Å². The van der Waals surface area contributed by atoms with Crippen LogP contribution in [0.1, 0.15) is 27.6 Å². The van der Waals surface area contributed by atoms with Crippen LogP contribution in [0.5, 0.6) is 0 Å². The molecule has 0 bridgehead atoms. The average molecular weight is 300 g/mol. The molecule has 1 aromatic carbocycles. The molecular formula is C15H16N4OS. The van der Waals surface area contributed by atoms with Crippen LogP contribution in [0.4, 0.5) is 0 Å². The Hall–Kier alpha value is -2.21. The molecule has 2 N–H and O–H groups in total. The number of aromatic nitrogens is 3. The Morgan fingerprint density at radius 2 is 2.24 bits per heavy atom. The summed E-state index contributed by atoms with van der Waals surface area (Å²) >= 11 is 1.67. The maximum absolute atomic E-state index is 12.1. The highest BCUT2D eigenvalue weighted by atomic mass is 32.1. The Bertz CT molecular complexity index is 762. The number of rotatable bonds is 5. The SMILES string of the molecule is Cc1csc(CCCNC(=O)c2n[nH]c3ccccc23)n1. The lowest BCUT2D eigenvalue weighted by Crippen LogP contribution is -2.25. The molecule has 21 heavy (non-hydrogen) atoms. The smallest absolute Gasteiger partial charge is 0.272 e. The van der Waals surface area contributed by atoms with Gasteiger partial charge in [-0.2, -0.15) is 5.10 Å². The third kappa shape index (κ3) is 3.11. The molecule has 2 aromatic heterocycles. The lowest BCUT2D eigenvalue weighted by molar-refractivity contribution is 0.0950. The second kappa shape index (κ2) is 6.05. The monoisotopic (exact) mass is 300 g/mol. The molecule has 3 aromatic rings. The third-order valence-electron chi connectivity index (χ3n) is 3.20. The molecule has 0 spiro atoms. The number of fused-ring (bicyclic) bond motifs is 1. The first kappa shape index (κ1) is 13.8. The normalized spacial score (nSPS) is 10.9. The fraction of sp³-hybridized carbons (Fsp3) is 0.267. The highest BCUT2D eigenvalue weighted by Gasteiger charge is 2.12. The number of nitrogens with one attached hydrogen (secondary N) is 2. The fourth-order valence-corrected chi connectivity index (χ4v) is 3.00. The minimum absolute atomic E-state index is 0.136. The molecule has 0 aliphatic carbocycles. The van der Waals surface area contributed by atoms with Gasteiger partial charge in [-0.25, -0.2) is 4.98 Å². The quantitative estimate of drug-likeness (QED) is 0.712. The van der Waals surface area contributed by atoms with Gasteiger partial charge in [0.15, 0.2) is 5.69 Å². The molecule has 0 saturated heterocycles. The van der Waals surface area contributed by atoms with Crippen LogP contribution < -0.4 is 5.32 Å². The number of amides is 1. The molecular weight excluding hydrogens is 284 g/mol. The van der Waals surface area contributed by atoms with E-state index in [1.807, 2.05) is 36.6 Å². The molecule has 5 nitrogen and oxygen atoms in total. The maximum Gasteiger partial charge on any atom is 0.272 e. The molecule has 1 amide bonds. The molecule has 0 aliphatic heterocycles. The van der Waals surface area contributed by atoms with Crippen LogP contribution in [0.3, 0.4) is 0 Å². The average Bonchev–Trinajstić information content (AvgIpc) is 3.09. The number of aromatic amines is 1. The summed E-state index contributed by atoms with van der Waals surface area (Å²) in [6.45, 7) is 2.61. The van der Waals surface area contributed by atoms with Gasteiger partial charge in [0, 0.05) is 29.4 Å². The molecule has 0 saturated carbocycles. The zero-order chi connectivity index (χ0) is 14.7. The van der Waals surface area contributed by atoms with E-state index in [0.717, 1.165) is 34.4 Å². The van der Waals surface area contributed by atoms with E-state index in [0.29, 0.717) is 12.2 Å². The number of aryl methyl sites for hydroxylation is 2.